The first-order chi connectivity index (χ1) is 10.1. The predicted octanol–water partition coefficient (Wildman–Crippen LogP) is 1.96. The number of nitrogens with zero attached hydrogens (tertiary/aromatic N) is 1. The first-order valence-corrected chi connectivity index (χ1v) is 6.44. The van der Waals surface area contributed by atoms with Crippen LogP contribution in [0.25, 0.3) is 0 Å². The zero-order valence-electron chi connectivity index (χ0n) is 11.6. The Bertz CT molecular complexity index is 667. The van der Waals surface area contributed by atoms with E-state index in [2.05, 4.69) is 10.5 Å². The summed E-state index contributed by atoms with van der Waals surface area (Å²) in [6, 6.07) is 12.1. The summed E-state index contributed by atoms with van der Waals surface area (Å²) in [7, 11) is 0. The van der Waals surface area contributed by atoms with Crippen LogP contribution in [0.2, 0.25) is 0 Å². The topological polar surface area (TPSA) is 81.9 Å². The van der Waals surface area contributed by atoms with Gasteiger partial charge in [-0.3, -0.25) is 4.79 Å². The van der Waals surface area contributed by atoms with E-state index in [0.29, 0.717) is 22.3 Å². The fourth-order valence-electron chi connectivity index (χ4n) is 1.85. The van der Waals surface area contributed by atoms with Crippen molar-refractivity contribution >= 4 is 12.1 Å². The van der Waals surface area contributed by atoms with E-state index in [4.69, 9.17) is 0 Å². The second kappa shape index (κ2) is 6.67. The summed E-state index contributed by atoms with van der Waals surface area (Å²) in [6.07, 6.45) is 1.33. The highest BCUT2D eigenvalue weighted by molar-refractivity contribution is 5.95. The molecule has 0 atom stereocenters. The number of benzene rings is 2. The Morgan fingerprint density at radius 1 is 1.24 bits per heavy atom. The summed E-state index contributed by atoms with van der Waals surface area (Å²) >= 11 is 0. The number of phenolic OH excluding ortho intramolecular Hbond substituents is 1. The molecule has 0 aliphatic carbocycles. The van der Waals surface area contributed by atoms with E-state index < -0.39 is 0 Å². The van der Waals surface area contributed by atoms with Crippen LogP contribution >= 0.6 is 0 Å². The smallest absolute Gasteiger partial charge is 0.271 e. The van der Waals surface area contributed by atoms with Gasteiger partial charge < -0.3 is 10.2 Å². The van der Waals surface area contributed by atoms with Crippen molar-refractivity contribution in [1.29, 1.82) is 0 Å². The maximum Gasteiger partial charge on any atom is 0.271 e. The minimum absolute atomic E-state index is 0.0410. The van der Waals surface area contributed by atoms with Gasteiger partial charge in [-0.2, -0.15) is 5.10 Å². The molecule has 5 heteroatoms. The van der Waals surface area contributed by atoms with Crippen molar-refractivity contribution in [2.24, 2.45) is 5.10 Å². The van der Waals surface area contributed by atoms with Crippen molar-refractivity contribution in [3.8, 4) is 5.75 Å². The maximum atomic E-state index is 11.8. The number of carbonyl (C=O) groups is 1. The minimum Gasteiger partial charge on any atom is -0.507 e. The molecule has 21 heavy (non-hydrogen) atoms. The summed E-state index contributed by atoms with van der Waals surface area (Å²) in [4.78, 5) is 11.8. The number of hydrazone groups is 1. The number of nitrogens with one attached hydrogen (secondary N) is 1. The zero-order valence-corrected chi connectivity index (χ0v) is 11.6. The van der Waals surface area contributed by atoms with Crippen LogP contribution in [0.5, 0.6) is 5.75 Å². The van der Waals surface area contributed by atoms with Gasteiger partial charge in [-0.25, -0.2) is 5.43 Å². The molecule has 0 saturated heterocycles. The molecule has 108 valence electrons. The number of aryl methyl sites for hydroxylation is 1. The van der Waals surface area contributed by atoms with Crippen LogP contribution in [-0.2, 0) is 6.61 Å². The number of aromatic hydroxyl groups is 1. The van der Waals surface area contributed by atoms with Crippen molar-refractivity contribution in [1.82, 2.24) is 5.43 Å². The molecule has 0 bridgehead atoms. The van der Waals surface area contributed by atoms with Crippen molar-refractivity contribution in [3.63, 3.8) is 0 Å². The van der Waals surface area contributed by atoms with E-state index >= 15 is 0 Å². The molecule has 0 radical (unpaired) electrons. The summed E-state index contributed by atoms with van der Waals surface area (Å²) in [5.74, 6) is -0.302. The maximum absolute atomic E-state index is 11.8. The molecule has 3 N–H and O–H groups in total. The monoisotopic (exact) mass is 284 g/mol. The molecular formula is C16H16N2O3. The molecule has 0 heterocycles. The normalized spacial score (nSPS) is 10.8. The number of carbonyl (C=O) groups excluding carboxylic acids is 1. The van der Waals surface area contributed by atoms with E-state index in [1.807, 2.05) is 6.07 Å². The molecule has 1 amide bonds. The second-order valence-electron chi connectivity index (χ2n) is 4.53. The zero-order chi connectivity index (χ0) is 15.2. The molecule has 0 spiro atoms. The third kappa shape index (κ3) is 3.46. The van der Waals surface area contributed by atoms with Gasteiger partial charge in [0.25, 0.3) is 5.91 Å². The van der Waals surface area contributed by atoms with Crippen molar-refractivity contribution in [2.75, 3.05) is 0 Å². The Labute approximate surface area is 122 Å². The summed E-state index contributed by atoms with van der Waals surface area (Å²) in [6.45, 7) is 1.53. The first-order valence-electron chi connectivity index (χ1n) is 6.44. The lowest BCUT2D eigenvalue weighted by Crippen LogP contribution is -2.17. The lowest BCUT2D eigenvalue weighted by atomic mass is 10.0. The van der Waals surface area contributed by atoms with E-state index in [9.17, 15) is 15.0 Å². The number of rotatable bonds is 4. The lowest BCUT2D eigenvalue weighted by molar-refractivity contribution is 0.0955. The van der Waals surface area contributed by atoms with Crippen LogP contribution in [0.4, 0.5) is 0 Å². The summed E-state index contributed by atoms with van der Waals surface area (Å²) in [5, 5.41) is 23.1. The Balaban J connectivity index is 2.15. The van der Waals surface area contributed by atoms with Gasteiger partial charge in [0.1, 0.15) is 5.75 Å². The molecule has 2 rings (SSSR count). The molecule has 5 nitrogen and oxygen atoms in total. The Morgan fingerprint density at radius 2 is 1.95 bits per heavy atom. The fraction of sp³-hybridized carbons (Fsp3) is 0.125. The Morgan fingerprint density at radius 3 is 2.62 bits per heavy atom. The number of hydrogen-bond donors (Lipinski definition) is 3. The van der Waals surface area contributed by atoms with E-state index in [-0.39, 0.29) is 18.3 Å². The van der Waals surface area contributed by atoms with Gasteiger partial charge >= 0.3 is 0 Å². The van der Waals surface area contributed by atoms with E-state index in [1.54, 1.807) is 43.3 Å². The first kappa shape index (κ1) is 14.7. The van der Waals surface area contributed by atoms with Crippen molar-refractivity contribution in [3.05, 3.63) is 64.7 Å². The quantitative estimate of drug-likeness (QED) is 0.593. The van der Waals surface area contributed by atoms with Gasteiger partial charge in [0.2, 0.25) is 0 Å². The SMILES string of the molecule is Cc1ccc(CO)c(C=NNC(=O)c2ccccc2)c1O. The van der Waals surface area contributed by atoms with E-state index in [0.717, 1.165) is 0 Å². The van der Waals surface area contributed by atoms with Gasteiger partial charge in [0.15, 0.2) is 0 Å². The summed E-state index contributed by atoms with van der Waals surface area (Å²) in [5.41, 5.74) is 4.48. The molecular weight excluding hydrogens is 268 g/mol. The molecule has 2 aromatic rings. The standard InChI is InChI=1S/C16H16N2O3/c1-11-7-8-13(10-19)14(15(11)20)9-17-18-16(21)12-5-3-2-4-6-12/h2-9,19-20H,10H2,1H3,(H,18,21). The number of aliphatic hydroxyl groups excluding tert-OH is 1. The lowest BCUT2D eigenvalue weighted by Gasteiger charge is -2.07. The number of phenols is 1. The molecule has 2 aromatic carbocycles. The van der Waals surface area contributed by atoms with Gasteiger partial charge in [-0.1, -0.05) is 30.3 Å². The number of aliphatic hydroxyl groups is 1. The van der Waals surface area contributed by atoms with Gasteiger partial charge in [-0.05, 0) is 30.2 Å². The average molecular weight is 284 g/mol. The molecule has 0 aliphatic rings. The minimum atomic E-state index is -0.343. The molecule has 0 aromatic heterocycles. The van der Waals surface area contributed by atoms with Crippen LogP contribution in [0, 0.1) is 6.92 Å². The Hall–Kier alpha value is -2.66. The van der Waals surface area contributed by atoms with Crippen LogP contribution in [0.15, 0.2) is 47.6 Å². The van der Waals surface area contributed by atoms with Gasteiger partial charge in [0, 0.05) is 11.1 Å². The molecule has 0 saturated carbocycles. The highest BCUT2D eigenvalue weighted by Crippen LogP contribution is 2.23. The molecule has 0 aliphatic heterocycles. The van der Waals surface area contributed by atoms with Crippen LogP contribution in [-0.4, -0.2) is 22.3 Å². The van der Waals surface area contributed by atoms with Crippen LogP contribution in [0.1, 0.15) is 27.0 Å². The Kier molecular flexibility index (Phi) is 4.68. The predicted molar refractivity (Wildman–Crippen MR) is 80.3 cm³/mol. The average Bonchev–Trinajstić information content (AvgIpc) is 2.52. The highest BCUT2D eigenvalue weighted by atomic mass is 16.3. The fourth-order valence-corrected chi connectivity index (χ4v) is 1.85. The molecule has 0 unspecified atom stereocenters. The van der Waals surface area contributed by atoms with Gasteiger partial charge in [0.05, 0.1) is 12.8 Å². The third-order valence-corrected chi connectivity index (χ3v) is 3.08. The van der Waals surface area contributed by atoms with Crippen molar-refractivity contribution in [2.45, 2.75) is 13.5 Å². The largest absolute Gasteiger partial charge is 0.507 e. The highest BCUT2D eigenvalue weighted by Gasteiger charge is 2.08. The third-order valence-electron chi connectivity index (χ3n) is 3.08. The second-order valence-corrected chi connectivity index (χ2v) is 4.53. The number of hydrogen-bond acceptors (Lipinski definition) is 4. The molecule has 0 fully saturated rings. The number of amides is 1. The van der Waals surface area contributed by atoms with E-state index in [1.165, 1.54) is 6.21 Å². The summed E-state index contributed by atoms with van der Waals surface area (Å²) < 4.78 is 0. The van der Waals surface area contributed by atoms with Crippen molar-refractivity contribution < 1.29 is 15.0 Å². The van der Waals surface area contributed by atoms with Crippen LogP contribution in [0.3, 0.4) is 0 Å². The van der Waals surface area contributed by atoms with Crippen LogP contribution < -0.4 is 5.43 Å². The van der Waals surface area contributed by atoms with Gasteiger partial charge in [-0.15, -0.1) is 0 Å².